The second kappa shape index (κ2) is 8.25. The maximum absolute atomic E-state index is 5.76. The topological polar surface area (TPSA) is 39.7 Å². The van der Waals surface area contributed by atoms with Gasteiger partial charge in [0.2, 0.25) is 0 Å². The van der Waals surface area contributed by atoms with Crippen LogP contribution in [0.1, 0.15) is 44.2 Å². The smallest absolute Gasteiger partial charge is 0.127 e. The number of methoxy groups -OCH3 is 2. The second-order valence-corrected chi connectivity index (χ2v) is 5.56. The minimum absolute atomic E-state index is 0.245. The molecule has 4 heteroatoms. The lowest BCUT2D eigenvalue weighted by atomic mass is 10.0. The van der Waals surface area contributed by atoms with E-state index in [1.165, 1.54) is 19.3 Å². The molecule has 1 aliphatic heterocycles. The summed E-state index contributed by atoms with van der Waals surface area (Å²) in [6.45, 7) is 4.04. The van der Waals surface area contributed by atoms with Gasteiger partial charge in [-0.25, -0.2) is 0 Å². The molecule has 118 valence electrons. The maximum atomic E-state index is 5.76. The zero-order valence-electron chi connectivity index (χ0n) is 13.4. The molecule has 4 nitrogen and oxygen atoms in total. The fourth-order valence-corrected chi connectivity index (χ4v) is 2.78. The number of hydrogen-bond acceptors (Lipinski definition) is 4. The average molecular weight is 293 g/mol. The number of rotatable bonds is 7. The Morgan fingerprint density at radius 3 is 2.81 bits per heavy atom. The van der Waals surface area contributed by atoms with Crippen molar-refractivity contribution in [3.63, 3.8) is 0 Å². The van der Waals surface area contributed by atoms with Gasteiger partial charge in [-0.1, -0.05) is 6.07 Å². The molecule has 1 heterocycles. The first-order valence-corrected chi connectivity index (χ1v) is 7.81. The third kappa shape index (κ3) is 4.61. The minimum atomic E-state index is 0.245. The summed E-state index contributed by atoms with van der Waals surface area (Å²) in [6, 6.07) is 6.21. The van der Waals surface area contributed by atoms with Crippen molar-refractivity contribution >= 4 is 0 Å². The zero-order valence-corrected chi connectivity index (χ0v) is 13.4. The van der Waals surface area contributed by atoms with Crippen molar-refractivity contribution in [1.29, 1.82) is 0 Å². The normalized spacial score (nSPS) is 20.0. The van der Waals surface area contributed by atoms with Gasteiger partial charge in [0.15, 0.2) is 0 Å². The summed E-state index contributed by atoms with van der Waals surface area (Å²) in [5, 5.41) is 3.56. The molecule has 2 unspecified atom stereocenters. The van der Waals surface area contributed by atoms with Gasteiger partial charge in [0, 0.05) is 24.3 Å². The molecule has 2 atom stereocenters. The van der Waals surface area contributed by atoms with Crippen molar-refractivity contribution in [1.82, 2.24) is 5.32 Å². The third-order valence-corrected chi connectivity index (χ3v) is 4.10. The van der Waals surface area contributed by atoms with Crippen LogP contribution in [0.3, 0.4) is 0 Å². The van der Waals surface area contributed by atoms with E-state index in [0.717, 1.165) is 36.6 Å². The number of nitrogens with one attached hydrogen (secondary N) is 1. The lowest BCUT2D eigenvalue weighted by Crippen LogP contribution is -2.27. The van der Waals surface area contributed by atoms with E-state index in [1.54, 1.807) is 14.2 Å². The molecule has 0 saturated carbocycles. The number of hydrogen-bond donors (Lipinski definition) is 1. The fourth-order valence-electron chi connectivity index (χ4n) is 2.78. The van der Waals surface area contributed by atoms with Crippen LogP contribution in [0.4, 0.5) is 0 Å². The van der Waals surface area contributed by atoms with Gasteiger partial charge in [0.1, 0.15) is 11.5 Å². The Morgan fingerprint density at radius 1 is 1.29 bits per heavy atom. The summed E-state index contributed by atoms with van der Waals surface area (Å²) in [6.07, 6.45) is 5.21. The highest BCUT2D eigenvalue weighted by atomic mass is 16.5. The third-order valence-electron chi connectivity index (χ3n) is 4.10. The van der Waals surface area contributed by atoms with Gasteiger partial charge in [0.25, 0.3) is 0 Å². The Morgan fingerprint density at radius 2 is 2.14 bits per heavy atom. The minimum Gasteiger partial charge on any atom is -0.497 e. The SMILES string of the molecule is COc1ccc(C(C)NCCC2CCCCO2)c(OC)c1. The summed E-state index contributed by atoms with van der Waals surface area (Å²) >= 11 is 0. The van der Waals surface area contributed by atoms with E-state index in [1.807, 2.05) is 12.1 Å². The Hall–Kier alpha value is -1.26. The average Bonchev–Trinajstić information content (AvgIpc) is 2.55. The van der Waals surface area contributed by atoms with Crippen LogP contribution < -0.4 is 14.8 Å². The first kappa shape index (κ1) is 16.1. The Kier molecular flexibility index (Phi) is 6.33. The van der Waals surface area contributed by atoms with Crippen molar-refractivity contribution in [2.75, 3.05) is 27.4 Å². The van der Waals surface area contributed by atoms with Gasteiger partial charge in [-0.05, 0) is 45.2 Å². The van der Waals surface area contributed by atoms with Gasteiger partial charge in [0.05, 0.1) is 20.3 Å². The van der Waals surface area contributed by atoms with Gasteiger partial charge < -0.3 is 19.5 Å². The summed E-state index contributed by atoms with van der Waals surface area (Å²) in [5.74, 6) is 1.68. The fraction of sp³-hybridized carbons (Fsp3) is 0.647. The molecule has 1 aromatic rings. The van der Waals surface area contributed by atoms with Crippen molar-refractivity contribution in [3.05, 3.63) is 23.8 Å². The molecule has 21 heavy (non-hydrogen) atoms. The van der Waals surface area contributed by atoms with Crippen LogP contribution in [0.2, 0.25) is 0 Å². The van der Waals surface area contributed by atoms with Gasteiger partial charge >= 0.3 is 0 Å². The molecule has 0 bridgehead atoms. The van der Waals surface area contributed by atoms with E-state index in [0.29, 0.717) is 6.10 Å². The van der Waals surface area contributed by atoms with E-state index >= 15 is 0 Å². The van der Waals surface area contributed by atoms with Crippen molar-refractivity contribution in [2.24, 2.45) is 0 Å². The second-order valence-electron chi connectivity index (χ2n) is 5.56. The number of ether oxygens (including phenoxy) is 3. The Bertz CT molecular complexity index is 430. The van der Waals surface area contributed by atoms with Gasteiger partial charge in [-0.2, -0.15) is 0 Å². The Balaban J connectivity index is 1.85. The molecule has 1 N–H and O–H groups in total. The molecule has 2 rings (SSSR count). The molecule has 1 aliphatic rings. The molecular formula is C17H27NO3. The first-order chi connectivity index (χ1) is 10.2. The quantitative estimate of drug-likeness (QED) is 0.837. The van der Waals surface area contributed by atoms with E-state index < -0.39 is 0 Å². The van der Waals surface area contributed by atoms with Crippen LogP contribution in [0.15, 0.2) is 18.2 Å². The van der Waals surface area contributed by atoms with E-state index in [9.17, 15) is 0 Å². The van der Waals surface area contributed by atoms with Crippen LogP contribution in [0.25, 0.3) is 0 Å². The van der Waals surface area contributed by atoms with E-state index in [2.05, 4.69) is 18.3 Å². The molecule has 0 radical (unpaired) electrons. The molecule has 1 saturated heterocycles. The Labute approximate surface area is 127 Å². The lowest BCUT2D eigenvalue weighted by molar-refractivity contribution is 0.0112. The predicted octanol–water partition coefficient (Wildman–Crippen LogP) is 3.31. The maximum Gasteiger partial charge on any atom is 0.127 e. The highest BCUT2D eigenvalue weighted by Gasteiger charge is 2.15. The van der Waals surface area contributed by atoms with E-state index in [-0.39, 0.29) is 6.04 Å². The molecule has 0 amide bonds. The van der Waals surface area contributed by atoms with Crippen LogP contribution in [0.5, 0.6) is 11.5 Å². The largest absolute Gasteiger partial charge is 0.497 e. The summed E-state index contributed by atoms with van der Waals surface area (Å²) in [5.41, 5.74) is 1.16. The molecule has 1 aromatic carbocycles. The molecule has 0 aromatic heterocycles. The molecule has 0 aliphatic carbocycles. The molecule has 0 spiro atoms. The van der Waals surface area contributed by atoms with Crippen LogP contribution in [0, 0.1) is 0 Å². The standard InChI is InChI=1S/C17H27NO3/c1-13(18-10-9-14-6-4-5-11-21-14)16-8-7-15(19-2)12-17(16)20-3/h7-8,12-14,18H,4-6,9-11H2,1-3H3. The predicted molar refractivity (Wildman–Crippen MR) is 84.2 cm³/mol. The summed E-state index contributed by atoms with van der Waals surface area (Å²) < 4.78 is 16.5. The monoisotopic (exact) mass is 293 g/mol. The lowest BCUT2D eigenvalue weighted by Gasteiger charge is -2.24. The highest BCUT2D eigenvalue weighted by Crippen LogP contribution is 2.29. The van der Waals surface area contributed by atoms with Gasteiger partial charge in [-0.15, -0.1) is 0 Å². The summed E-state index contributed by atoms with van der Waals surface area (Å²) in [4.78, 5) is 0. The summed E-state index contributed by atoms with van der Waals surface area (Å²) in [7, 11) is 3.36. The van der Waals surface area contributed by atoms with Crippen molar-refractivity contribution in [3.8, 4) is 11.5 Å². The van der Waals surface area contributed by atoms with Crippen molar-refractivity contribution < 1.29 is 14.2 Å². The highest BCUT2D eigenvalue weighted by molar-refractivity contribution is 5.42. The van der Waals surface area contributed by atoms with Crippen molar-refractivity contribution in [2.45, 2.75) is 44.8 Å². The molecule has 1 fully saturated rings. The van der Waals surface area contributed by atoms with E-state index in [4.69, 9.17) is 14.2 Å². The van der Waals surface area contributed by atoms with Gasteiger partial charge in [-0.3, -0.25) is 0 Å². The zero-order chi connectivity index (χ0) is 15.1. The molecular weight excluding hydrogens is 266 g/mol. The number of benzene rings is 1. The van der Waals surface area contributed by atoms with Crippen LogP contribution >= 0.6 is 0 Å². The van der Waals surface area contributed by atoms with Crippen LogP contribution in [-0.2, 0) is 4.74 Å². The van der Waals surface area contributed by atoms with Crippen LogP contribution in [-0.4, -0.2) is 33.5 Å². The first-order valence-electron chi connectivity index (χ1n) is 7.81.